The lowest BCUT2D eigenvalue weighted by Gasteiger charge is -2.34. The van der Waals surface area contributed by atoms with Gasteiger partial charge in [-0.05, 0) is 103 Å². The Balaban J connectivity index is 1.05. The van der Waals surface area contributed by atoms with Crippen LogP contribution in [0.25, 0.3) is 77.2 Å². The van der Waals surface area contributed by atoms with Gasteiger partial charge in [-0.2, -0.15) is 0 Å². The predicted molar refractivity (Wildman–Crippen MR) is 225 cm³/mol. The second-order valence-electron chi connectivity index (χ2n) is 14.7. The van der Waals surface area contributed by atoms with Crippen molar-refractivity contribution in [2.24, 2.45) is 0 Å². The molecule has 1 aliphatic heterocycles. The Labute approximate surface area is 318 Å². The van der Waals surface area contributed by atoms with Crippen LogP contribution in [0.3, 0.4) is 0 Å². The van der Waals surface area contributed by atoms with E-state index in [4.69, 9.17) is 9.15 Å². The number of fused-ring (bicyclic) bond motifs is 8. The van der Waals surface area contributed by atoms with Gasteiger partial charge in [-0.1, -0.05) is 158 Å². The Bertz CT molecular complexity index is 3130. The SMILES string of the molecule is c1ccc(C2(c3ccccc3)c3ccccc3-c3c(-c4ccc5c(c4)-c4cccc6c(-c7ccc8oc9ccccc9c8c7)ccc(c46)O5)cccc32)cc1. The van der Waals surface area contributed by atoms with Gasteiger partial charge in [0.15, 0.2) is 0 Å². The Kier molecular flexibility index (Phi) is 6.29. The van der Waals surface area contributed by atoms with Crippen LogP contribution in [0.15, 0.2) is 199 Å². The smallest absolute Gasteiger partial charge is 0.135 e. The van der Waals surface area contributed by atoms with E-state index in [1.807, 2.05) is 12.1 Å². The summed E-state index contributed by atoms with van der Waals surface area (Å²) in [7, 11) is 0. The molecule has 0 spiro atoms. The van der Waals surface area contributed by atoms with Crippen molar-refractivity contribution in [3.05, 3.63) is 216 Å². The number of hydrogen-bond acceptors (Lipinski definition) is 2. The zero-order valence-electron chi connectivity index (χ0n) is 29.8. The summed E-state index contributed by atoms with van der Waals surface area (Å²) in [4.78, 5) is 0. The fraction of sp³-hybridized carbons (Fsp3) is 0.0189. The van der Waals surface area contributed by atoms with Gasteiger partial charge in [0, 0.05) is 21.7 Å². The molecule has 1 aromatic heterocycles. The third-order valence-electron chi connectivity index (χ3n) is 12.0. The van der Waals surface area contributed by atoms with Gasteiger partial charge in [0.05, 0.1) is 5.41 Å². The number of para-hydroxylation sites is 1. The molecule has 9 aromatic carbocycles. The van der Waals surface area contributed by atoms with Crippen molar-refractivity contribution in [3.63, 3.8) is 0 Å². The summed E-state index contributed by atoms with van der Waals surface area (Å²) in [6.07, 6.45) is 0. The molecule has 0 bridgehead atoms. The average Bonchev–Trinajstić information content (AvgIpc) is 3.78. The minimum Gasteiger partial charge on any atom is -0.456 e. The Morgan fingerprint density at radius 3 is 1.82 bits per heavy atom. The largest absolute Gasteiger partial charge is 0.456 e. The first-order valence-corrected chi connectivity index (χ1v) is 18.9. The van der Waals surface area contributed by atoms with Crippen LogP contribution >= 0.6 is 0 Å². The van der Waals surface area contributed by atoms with Crippen molar-refractivity contribution < 1.29 is 9.15 Å². The van der Waals surface area contributed by atoms with Crippen molar-refractivity contribution in [1.29, 1.82) is 0 Å². The van der Waals surface area contributed by atoms with Crippen LogP contribution in [-0.4, -0.2) is 0 Å². The molecule has 10 aromatic rings. The molecular weight excluding hydrogens is 669 g/mol. The lowest BCUT2D eigenvalue weighted by molar-refractivity contribution is 0.487. The van der Waals surface area contributed by atoms with Crippen molar-refractivity contribution >= 4 is 32.7 Å². The minimum absolute atomic E-state index is 0.450. The molecule has 0 radical (unpaired) electrons. The van der Waals surface area contributed by atoms with Crippen molar-refractivity contribution in [2.75, 3.05) is 0 Å². The third kappa shape index (κ3) is 4.19. The molecule has 0 unspecified atom stereocenters. The van der Waals surface area contributed by atoms with Crippen LogP contribution in [0.5, 0.6) is 11.5 Å². The zero-order chi connectivity index (χ0) is 36.1. The maximum Gasteiger partial charge on any atom is 0.135 e. The van der Waals surface area contributed by atoms with Gasteiger partial charge in [-0.3, -0.25) is 0 Å². The van der Waals surface area contributed by atoms with E-state index < -0.39 is 5.41 Å². The Morgan fingerprint density at radius 1 is 0.345 bits per heavy atom. The monoisotopic (exact) mass is 700 g/mol. The zero-order valence-corrected chi connectivity index (χ0v) is 29.8. The van der Waals surface area contributed by atoms with Crippen molar-refractivity contribution in [2.45, 2.75) is 5.41 Å². The van der Waals surface area contributed by atoms with E-state index in [2.05, 4.69) is 182 Å². The number of furan rings is 1. The third-order valence-corrected chi connectivity index (χ3v) is 12.0. The van der Waals surface area contributed by atoms with Crippen molar-refractivity contribution in [1.82, 2.24) is 0 Å². The summed E-state index contributed by atoms with van der Waals surface area (Å²) < 4.78 is 12.9. The van der Waals surface area contributed by atoms with Gasteiger partial charge < -0.3 is 9.15 Å². The fourth-order valence-corrected chi connectivity index (χ4v) is 9.68. The van der Waals surface area contributed by atoms with Gasteiger partial charge in [0.2, 0.25) is 0 Å². The lowest BCUT2D eigenvalue weighted by atomic mass is 9.67. The first-order chi connectivity index (χ1) is 27.3. The number of hydrogen-bond donors (Lipinski definition) is 0. The molecule has 0 fully saturated rings. The molecule has 0 saturated heterocycles. The molecule has 12 rings (SSSR count). The summed E-state index contributed by atoms with van der Waals surface area (Å²) in [5.41, 5.74) is 16.1. The summed E-state index contributed by atoms with van der Waals surface area (Å²) in [6, 6.07) is 70.3. The normalized spacial score (nSPS) is 13.4. The minimum atomic E-state index is -0.450. The van der Waals surface area contributed by atoms with Crippen LogP contribution in [0.4, 0.5) is 0 Å². The summed E-state index contributed by atoms with van der Waals surface area (Å²) in [5, 5.41) is 4.56. The molecule has 0 amide bonds. The number of rotatable bonds is 4. The standard InChI is InChI=1S/C53H32O2/c1-3-13-35(14-4-1)53(36-15-5-2-6-16-36)45-22-9-7-18-42(45)51-38(19-12-23-46(51)53)34-26-29-49-44(32-34)41-21-11-20-40-37(27-30-50(55-49)52(40)41)33-25-28-48-43(31-33)39-17-8-10-24-47(39)54-48/h1-32H. The van der Waals surface area contributed by atoms with Crippen LogP contribution < -0.4 is 4.74 Å². The molecule has 0 atom stereocenters. The lowest BCUT2D eigenvalue weighted by Crippen LogP contribution is -2.28. The predicted octanol–water partition coefficient (Wildman–Crippen LogP) is 14.2. The van der Waals surface area contributed by atoms with Gasteiger partial charge in [0.1, 0.15) is 22.7 Å². The van der Waals surface area contributed by atoms with E-state index in [0.29, 0.717) is 0 Å². The van der Waals surface area contributed by atoms with E-state index in [-0.39, 0.29) is 0 Å². The molecule has 55 heavy (non-hydrogen) atoms. The molecule has 0 N–H and O–H groups in total. The van der Waals surface area contributed by atoms with Crippen LogP contribution in [0, 0.1) is 0 Å². The first-order valence-electron chi connectivity index (χ1n) is 18.9. The Hall–Kier alpha value is -7.16. The highest BCUT2D eigenvalue weighted by atomic mass is 16.5. The molecule has 0 saturated carbocycles. The molecule has 2 nitrogen and oxygen atoms in total. The van der Waals surface area contributed by atoms with Gasteiger partial charge in [-0.15, -0.1) is 0 Å². The average molecular weight is 701 g/mol. The van der Waals surface area contributed by atoms with E-state index in [1.165, 1.54) is 61.0 Å². The molecule has 1 aliphatic carbocycles. The van der Waals surface area contributed by atoms with E-state index in [9.17, 15) is 0 Å². The summed E-state index contributed by atoms with van der Waals surface area (Å²) >= 11 is 0. The maximum absolute atomic E-state index is 6.73. The van der Waals surface area contributed by atoms with E-state index >= 15 is 0 Å². The number of benzene rings is 9. The first kappa shape index (κ1) is 30.3. The topological polar surface area (TPSA) is 22.4 Å². The fourth-order valence-electron chi connectivity index (χ4n) is 9.68. The molecular formula is C53H32O2. The highest BCUT2D eigenvalue weighted by Gasteiger charge is 2.46. The second kappa shape index (κ2) is 11.4. The summed E-state index contributed by atoms with van der Waals surface area (Å²) in [6.45, 7) is 0. The van der Waals surface area contributed by atoms with Crippen LogP contribution in [0.2, 0.25) is 0 Å². The van der Waals surface area contributed by atoms with Crippen molar-refractivity contribution in [3.8, 4) is 56.0 Å². The maximum atomic E-state index is 6.73. The second-order valence-corrected chi connectivity index (χ2v) is 14.7. The van der Waals surface area contributed by atoms with Crippen LogP contribution in [-0.2, 0) is 5.41 Å². The highest BCUT2D eigenvalue weighted by Crippen LogP contribution is 2.59. The van der Waals surface area contributed by atoms with Gasteiger partial charge in [0.25, 0.3) is 0 Å². The van der Waals surface area contributed by atoms with E-state index in [1.54, 1.807) is 0 Å². The van der Waals surface area contributed by atoms with Gasteiger partial charge >= 0.3 is 0 Å². The number of ether oxygens (including phenoxy) is 1. The molecule has 256 valence electrons. The van der Waals surface area contributed by atoms with E-state index in [0.717, 1.165) is 50.0 Å². The van der Waals surface area contributed by atoms with Crippen LogP contribution in [0.1, 0.15) is 22.3 Å². The molecule has 2 heterocycles. The molecule has 2 heteroatoms. The quantitative estimate of drug-likeness (QED) is 0.182. The van der Waals surface area contributed by atoms with Gasteiger partial charge in [-0.25, -0.2) is 0 Å². The summed E-state index contributed by atoms with van der Waals surface area (Å²) in [5.74, 6) is 1.76. The Morgan fingerprint density at radius 2 is 0.964 bits per heavy atom. The molecule has 2 aliphatic rings. The highest BCUT2D eigenvalue weighted by molar-refractivity contribution is 6.12.